The van der Waals surface area contributed by atoms with Gasteiger partial charge >= 0.3 is 0 Å². The molecule has 0 aliphatic heterocycles. The highest BCUT2D eigenvalue weighted by molar-refractivity contribution is 9.11. The summed E-state index contributed by atoms with van der Waals surface area (Å²) in [5.41, 5.74) is 1.76. The Hall–Kier alpha value is -1.14. The SMILES string of the molecule is Cc1noc(C)c1C(=O)Nc1ccc(Br)cc1Br. The summed E-state index contributed by atoms with van der Waals surface area (Å²) in [4.78, 5) is 12.1. The lowest BCUT2D eigenvalue weighted by Crippen LogP contribution is -2.13. The first-order valence-electron chi connectivity index (χ1n) is 5.18. The van der Waals surface area contributed by atoms with E-state index in [0.717, 1.165) is 8.95 Å². The van der Waals surface area contributed by atoms with E-state index in [1.54, 1.807) is 13.8 Å². The summed E-state index contributed by atoms with van der Waals surface area (Å²) in [5.74, 6) is 0.285. The Morgan fingerprint density at radius 2 is 2.06 bits per heavy atom. The van der Waals surface area contributed by atoms with Crippen molar-refractivity contribution in [2.24, 2.45) is 0 Å². The quantitative estimate of drug-likeness (QED) is 0.863. The number of nitrogens with zero attached hydrogens (tertiary/aromatic N) is 1. The molecule has 0 fully saturated rings. The van der Waals surface area contributed by atoms with Crippen molar-refractivity contribution in [1.82, 2.24) is 5.16 Å². The van der Waals surface area contributed by atoms with Crippen LogP contribution in [-0.4, -0.2) is 11.1 Å². The van der Waals surface area contributed by atoms with Gasteiger partial charge in [-0.3, -0.25) is 4.79 Å². The summed E-state index contributed by atoms with van der Waals surface area (Å²) < 4.78 is 6.71. The number of nitrogens with one attached hydrogen (secondary N) is 1. The number of carbonyl (C=O) groups is 1. The number of rotatable bonds is 2. The summed E-state index contributed by atoms with van der Waals surface area (Å²) in [6, 6.07) is 5.53. The van der Waals surface area contributed by atoms with E-state index in [4.69, 9.17) is 4.52 Å². The minimum Gasteiger partial charge on any atom is -0.361 e. The minimum absolute atomic E-state index is 0.228. The Morgan fingerprint density at radius 3 is 2.61 bits per heavy atom. The van der Waals surface area contributed by atoms with Crippen LogP contribution in [0.25, 0.3) is 0 Å². The molecule has 1 N–H and O–H groups in total. The van der Waals surface area contributed by atoms with Crippen LogP contribution in [0.3, 0.4) is 0 Å². The first-order valence-corrected chi connectivity index (χ1v) is 6.77. The van der Waals surface area contributed by atoms with Gasteiger partial charge in [0.2, 0.25) is 0 Å². The van der Waals surface area contributed by atoms with Gasteiger partial charge in [-0.1, -0.05) is 21.1 Å². The molecule has 0 aliphatic carbocycles. The van der Waals surface area contributed by atoms with Gasteiger partial charge in [-0.15, -0.1) is 0 Å². The molecular formula is C12H10Br2N2O2. The van der Waals surface area contributed by atoms with E-state index in [9.17, 15) is 4.79 Å². The lowest BCUT2D eigenvalue weighted by atomic mass is 10.2. The monoisotopic (exact) mass is 372 g/mol. The Kier molecular flexibility index (Phi) is 3.87. The molecule has 0 radical (unpaired) electrons. The van der Waals surface area contributed by atoms with Crippen molar-refractivity contribution >= 4 is 43.5 Å². The lowest BCUT2D eigenvalue weighted by molar-refractivity contribution is 0.102. The van der Waals surface area contributed by atoms with Crippen molar-refractivity contribution in [2.45, 2.75) is 13.8 Å². The number of hydrogen-bond acceptors (Lipinski definition) is 3. The summed E-state index contributed by atoms with van der Waals surface area (Å²) in [5, 5.41) is 6.58. The lowest BCUT2D eigenvalue weighted by Gasteiger charge is -2.07. The molecule has 6 heteroatoms. The predicted octanol–water partition coefficient (Wildman–Crippen LogP) is 4.07. The molecule has 94 valence electrons. The second-order valence-electron chi connectivity index (χ2n) is 3.78. The van der Waals surface area contributed by atoms with E-state index >= 15 is 0 Å². The van der Waals surface area contributed by atoms with Crippen LogP contribution in [0, 0.1) is 13.8 Å². The Morgan fingerprint density at radius 1 is 1.33 bits per heavy atom. The maximum Gasteiger partial charge on any atom is 0.261 e. The molecule has 0 aliphatic rings. The molecule has 18 heavy (non-hydrogen) atoms. The van der Waals surface area contributed by atoms with Crippen molar-refractivity contribution < 1.29 is 9.32 Å². The van der Waals surface area contributed by atoms with Crippen molar-refractivity contribution in [2.75, 3.05) is 5.32 Å². The molecule has 0 saturated carbocycles. The van der Waals surface area contributed by atoms with Crippen LogP contribution >= 0.6 is 31.9 Å². The highest BCUT2D eigenvalue weighted by Crippen LogP contribution is 2.27. The molecule has 0 atom stereocenters. The van der Waals surface area contributed by atoms with Crippen LogP contribution in [0.5, 0.6) is 0 Å². The number of hydrogen-bond donors (Lipinski definition) is 1. The van der Waals surface area contributed by atoms with E-state index in [1.165, 1.54) is 0 Å². The highest BCUT2D eigenvalue weighted by Gasteiger charge is 2.18. The Bertz CT molecular complexity index is 589. The molecule has 4 nitrogen and oxygen atoms in total. The maximum absolute atomic E-state index is 12.1. The third kappa shape index (κ3) is 2.64. The fraction of sp³-hybridized carbons (Fsp3) is 0.167. The van der Waals surface area contributed by atoms with Crippen LogP contribution in [-0.2, 0) is 0 Å². The van der Waals surface area contributed by atoms with Crippen molar-refractivity contribution in [1.29, 1.82) is 0 Å². The number of carbonyl (C=O) groups excluding carboxylic acids is 1. The van der Waals surface area contributed by atoms with Crippen LogP contribution in [0.4, 0.5) is 5.69 Å². The summed E-state index contributed by atoms with van der Waals surface area (Å²) in [7, 11) is 0. The molecule has 0 unspecified atom stereocenters. The Balaban J connectivity index is 2.27. The van der Waals surface area contributed by atoms with Crippen LogP contribution < -0.4 is 5.32 Å². The zero-order valence-corrected chi connectivity index (χ0v) is 12.9. The normalized spacial score (nSPS) is 10.4. The third-order valence-corrected chi connectivity index (χ3v) is 3.59. The molecule has 0 saturated heterocycles. The number of aryl methyl sites for hydroxylation is 2. The predicted molar refractivity (Wildman–Crippen MR) is 75.8 cm³/mol. The molecule has 2 rings (SSSR count). The van der Waals surface area contributed by atoms with E-state index in [2.05, 4.69) is 42.3 Å². The number of halogens is 2. The van der Waals surface area contributed by atoms with Gasteiger partial charge in [0.1, 0.15) is 11.3 Å². The zero-order valence-electron chi connectivity index (χ0n) is 9.75. The zero-order chi connectivity index (χ0) is 13.3. The minimum atomic E-state index is -0.228. The summed E-state index contributed by atoms with van der Waals surface area (Å²) in [6.07, 6.45) is 0. The molecule has 1 amide bonds. The first kappa shape index (κ1) is 13.3. The van der Waals surface area contributed by atoms with E-state index in [1.807, 2.05) is 18.2 Å². The van der Waals surface area contributed by atoms with Crippen LogP contribution in [0.2, 0.25) is 0 Å². The van der Waals surface area contributed by atoms with Gasteiger partial charge in [0.05, 0.1) is 11.4 Å². The van der Waals surface area contributed by atoms with Gasteiger partial charge in [-0.25, -0.2) is 0 Å². The molecule has 2 aromatic rings. The second-order valence-corrected chi connectivity index (χ2v) is 5.55. The number of anilines is 1. The van der Waals surface area contributed by atoms with E-state index < -0.39 is 0 Å². The average molecular weight is 374 g/mol. The topological polar surface area (TPSA) is 55.1 Å². The summed E-state index contributed by atoms with van der Waals surface area (Å²) >= 11 is 6.75. The largest absolute Gasteiger partial charge is 0.361 e. The smallest absolute Gasteiger partial charge is 0.261 e. The molecule has 0 spiro atoms. The fourth-order valence-electron chi connectivity index (χ4n) is 1.58. The molecule has 0 bridgehead atoms. The number of aromatic nitrogens is 1. The van der Waals surface area contributed by atoms with Gasteiger partial charge in [-0.2, -0.15) is 0 Å². The van der Waals surface area contributed by atoms with Gasteiger partial charge in [0, 0.05) is 8.95 Å². The van der Waals surface area contributed by atoms with E-state index in [0.29, 0.717) is 22.7 Å². The van der Waals surface area contributed by atoms with E-state index in [-0.39, 0.29) is 5.91 Å². The number of benzene rings is 1. The van der Waals surface area contributed by atoms with Gasteiger partial charge < -0.3 is 9.84 Å². The standard InChI is InChI=1S/C12H10Br2N2O2/c1-6-11(7(2)18-16-6)12(17)15-10-4-3-8(13)5-9(10)14/h3-5H,1-2H3,(H,15,17). The van der Waals surface area contributed by atoms with Crippen molar-refractivity contribution in [3.63, 3.8) is 0 Å². The van der Waals surface area contributed by atoms with Crippen molar-refractivity contribution in [3.05, 3.63) is 44.2 Å². The van der Waals surface area contributed by atoms with Crippen LogP contribution in [0.1, 0.15) is 21.8 Å². The fourth-order valence-corrected chi connectivity index (χ4v) is 2.73. The third-order valence-electron chi connectivity index (χ3n) is 2.44. The summed E-state index contributed by atoms with van der Waals surface area (Å²) in [6.45, 7) is 3.45. The average Bonchev–Trinajstić information content (AvgIpc) is 2.62. The molecule has 1 aromatic carbocycles. The first-order chi connectivity index (χ1) is 8.49. The Labute approximate surface area is 121 Å². The number of amides is 1. The second kappa shape index (κ2) is 5.24. The molecule has 1 heterocycles. The van der Waals surface area contributed by atoms with Crippen LogP contribution in [0.15, 0.2) is 31.7 Å². The molecular weight excluding hydrogens is 364 g/mol. The highest BCUT2D eigenvalue weighted by atomic mass is 79.9. The maximum atomic E-state index is 12.1. The van der Waals surface area contributed by atoms with Gasteiger partial charge in [0.25, 0.3) is 5.91 Å². The molecule has 1 aromatic heterocycles. The van der Waals surface area contributed by atoms with Gasteiger partial charge in [-0.05, 0) is 48.0 Å². The van der Waals surface area contributed by atoms with Crippen molar-refractivity contribution in [3.8, 4) is 0 Å². The van der Waals surface area contributed by atoms with Gasteiger partial charge in [0.15, 0.2) is 0 Å².